The highest BCUT2D eigenvalue weighted by atomic mass is 32.2. The summed E-state index contributed by atoms with van der Waals surface area (Å²) in [5.74, 6) is -2.62. The summed E-state index contributed by atoms with van der Waals surface area (Å²) < 4.78 is 51.7. The van der Waals surface area contributed by atoms with Crippen LogP contribution < -0.4 is 4.72 Å². The molecule has 0 radical (unpaired) electrons. The maximum Gasteiger partial charge on any atom is 0.232 e. The van der Waals surface area contributed by atoms with Crippen molar-refractivity contribution < 1.29 is 22.0 Å². The third kappa shape index (κ3) is 3.49. The molecule has 0 amide bonds. The number of hydrogen-bond donors (Lipinski definition) is 1. The molecule has 0 bridgehead atoms. The maximum atomic E-state index is 13.6. The van der Waals surface area contributed by atoms with Gasteiger partial charge in [0.25, 0.3) is 0 Å². The van der Waals surface area contributed by atoms with Crippen LogP contribution in [-0.4, -0.2) is 26.6 Å². The average molecular weight is 267 g/mol. The van der Waals surface area contributed by atoms with E-state index < -0.39 is 27.9 Å². The molecule has 98 valence electrons. The Hall–Kier alpha value is -0.980. The Kier molecular flexibility index (Phi) is 4.62. The molecule has 0 fully saturated rings. The van der Waals surface area contributed by atoms with E-state index in [9.17, 15) is 22.0 Å². The van der Waals surface area contributed by atoms with Gasteiger partial charge in [-0.15, -0.1) is 0 Å². The van der Waals surface area contributed by atoms with Crippen molar-refractivity contribution in [2.45, 2.75) is 32.4 Å². The molecular weight excluding hydrogens is 252 g/mol. The summed E-state index contributed by atoms with van der Waals surface area (Å²) in [6.45, 7) is 1.68. The quantitative estimate of drug-likeness (QED) is 0.767. The van der Waals surface area contributed by atoms with Crippen molar-refractivity contribution in [1.82, 2.24) is 4.72 Å². The summed E-state index contributed by atoms with van der Waals surface area (Å²) >= 11 is 0. The van der Waals surface area contributed by atoms with E-state index in [1.165, 1.54) is 0 Å². The average Bonchev–Trinajstić information content (AvgIpc) is 2.23. The van der Waals surface area contributed by atoms with Gasteiger partial charge in [-0.1, -0.05) is 6.92 Å². The molecule has 0 saturated heterocycles. The molecule has 0 spiro atoms. The van der Waals surface area contributed by atoms with Crippen molar-refractivity contribution in [3.8, 4) is 0 Å². The van der Waals surface area contributed by atoms with Gasteiger partial charge in [-0.25, -0.2) is 17.2 Å². The van der Waals surface area contributed by atoms with E-state index in [0.717, 1.165) is 0 Å². The first-order chi connectivity index (χ1) is 7.91. The van der Waals surface area contributed by atoms with Crippen LogP contribution in [0.1, 0.15) is 26.2 Å². The van der Waals surface area contributed by atoms with Crippen molar-refractivity contribution in [2.24, 2.45) is 5.92 Å². The summed E-state index contributed by atoms with van der Waals surface area (Å²) in [6.07, 6.45) is -1.10. The molecule has 0 aromatic carbocycles. The second-order valence-electron chi connectivity index (χ2n) is 3.96. The van der Waals surface area contributed by atoms with Crippen molar-refractivity contribution in [1.29, 1.82) is 0 Å². The first-order valence-corrected chi connectivity index (χ1v) is 7.05. The number of halogens is 2. The van der Waals surface area contributed by atoms with Crippen LogP contribution in [0.25, 0.3) is 0 Å². The molecule has 1 aliphatic carbocycles. The Morgan fingerprint density at radius 3 is 2.71 bits per heavy atom. The number of alkyl halides is 1. The summed E-state index contributed by atoms with van der Waals surface area (Å²) in [6, 6.07) is 0. The molecule has 1 rings (SSSR count). The highest BCUT2D eigenvalue weighted by Crippen LogP contribution is 2.31. The zero-order valence-electron chi connectivity index (χ0n) is 9.45. The minimum absolute atomic E-state index is 0.0414. The minimum Gasteiger partial charge on any atom is -0.302 e. The highest BCUT2D eigenvalue weighted by Gasteiger charge is 2.33. The van der Waals surface area contributed by atoms with Crippen molar-refractivity contribution >= 4 is 16.3 Å². The third-order valence-corrected chi connectivity index (χ3v) is 4.04. The normalized spacial score (nSPS) is 25.8. The second kappa shape index (κ2) is 5.57. The van der Waals surface area contributed by atoms with Gasteiger partial charge in [0.1, 0.15) is 18.3 Å². The van der Waals surface area contributed by atoms with E-state index in [1.54, 1.807) is 6.92 Å². The topological polar surface area (TPSA) is 63.2 Å². The predicted octanol–water partition coefficient (Wildman–Crippen LogP) is 1.44. The van der Waals surface area contributed by atoms with Gasteiger partial charge in [0.2, 0.25) is 10.0 Å². The molecular formula is C10H15F2NO3S. The molecule has 4 nitrogen and oxygen atoms in total. The molecule has 0 saturated carbocycles. The molecule has 0 aromatic rings. The standard InChI is InChI=1S/C10H15F2NO3S/c1-2-5-17(15,16)13-9-4-3-8(11)7(6-14)10(9)12/h6-8,13H,2-5H2,1H3. The first kappa shape index (κ1) is 14.1. The Morgan fingerprint density at radius 1 is 1.53 bits per heavy atom. The van der Waals surface area contributed by atoms with Gasteiger partial charge in [-0.05, 0) is 19.3 Å². The van der Waals surface area contributed by atoms with E-state index in [1.807, 2.05) is 0 Å². The number of aldehydes is 1. The van der Waals surface area contributed by atoms with E-state index in [2.05, 4.69) is 4.72 Å². The summed E-state index contributed by atoms with van der Waals surface area (Å²) in [7, 11) is -3.60. The van der Waals surface area contributed by atoms with Gasteiger partial charge in [0.15, 0.2) is 0 Å². The summed E-state index contributed by atoms with van der Waals surface area (Å²) in [5.41, 5.74) is -0.190. The lowest BCUT2D eigenvalue weighted by Gasteiger charge is -2.23. The zero-order chi connectivity index (χ0) is 13.1. The zero-order valence-corrected chi connectivity index (χ0v) is 10.3. The molecule has 2 unspecified atom stereocenters. The summed E-state index contributed by atoms with van der Waals surface area (Å²) in [4.78, 5) is 10.5. The number of allylic oxidation sites excluding steroid dienone is 2. The predicted molar refractivity (Wildman–Crippen MR) is 59.0 cm³/mol. The third-order valence-electron chi connectivity index (χ3n) is 2.54. The molecule has 2 atom stereocenters. The van der Waals surface area contributed by atoms with E-state index >= 15 is 0 Å². The molecule has 0 aliphatic heterocycles. The van der Waals surface area contributed by atoms with Gasteiger partial charge in [0.05, 0.1) is 17.4 Å². The molecule has 0 aromatic heterocycles. The van der Waals surface area contributed by atoms with Crippen LogP contribution >= 0.6 is 0 Å². The van der Waals surface area contributed by atoms with Crippen LogP contribution in [0.15, 0.2) is 11.5 Å². The van der Waals surface area contributed by atoms with Crippen LogP contribution in [0.2, 0.25) is 0 Å². The fourth-order valence-electron chi connectivity index (χ4n) is 1.69. The maximum absolute atomic E-state index is 13.6. The number of carbonyl (C=O) groups excluding carboxylic acids is 1. The Balaban J connectivity index is 2.90. The summed E-state index contributed by atoms with van der Waals surface area (Å²) in [5, 5.41) is 0. The Labute approximate surface area is 99.1 Å². The van der Waals surface area contributed by atoms with Crippen LogP contribution in [-0.2, 0) is 14.8 Å². The number of rotatable bonds is 5. The number of carbonyl (C=O) groups is 1. The van der Waals surface area contributed by atoms with Gasteiger partial charge in [0, 0.05) is 0 Å². The Bertz CT molecular complexity index is 419. The van der Waals surface area contributed by atoms with Crippen LogP contribution in [0.5, 0.6) is 0 Å². The molecule has 0 heterocycles. The van der Waals surface area contributed by atoms with E-state index in [0.29, 0.717) is 6.42 Å². The lowest BCUT2D eigenvalue weighted by molar-refractivity contribution is -0.112. The lowest BCUT2D eigenvalue weighted by Crippen LogP contribution is -2.32. The number of sulfonamides is 1. The molecule has 1 aliphatic rings. The molecule has 7 heteroatoms. The van der Waals surface area contributed by atoms with Crippen LogP contribution in [0.3, 0.4) is 0 Å². The smallest absolute Gasteiger partial charge is 0.232 e. The van der Waals surface area contributed by atoms with Crippen molar-refractivity contribution in [3.05, 3.63) is 11.5 Å². The highest BCUT2D eigenvalue weighted by molar-refractivity contribution is 7.89. The molecule has 1 N–H and O–H groups in total. The number of hydrogen-bond acceptors (Lipinski definition) is 3. The van der Waals surface area contributed by atoms with Gasteiger partial charge >= 0.3 is 0 Å². The van der Waals surface area contributed by atoms with Crippen molar-refractivity contribution in [3.63, 3.8) is 0 Å². The second-order valence-corrected chi connectivity index (χ2v) is 5.81. The van der Waals surface area contributed by atoms with E-state index in [-0.39, 0.29) is 30.6 Å². The monoisotopic (exact) mass is 267 g/mol. The lowest BCUT2D eigenvalue weighted by atomic mass is 9.92. The fraction of sp³-hybridized carbons (Fsp3) is 0.700. The van der Waals surface area contributed by atoms with Crippen LogP contribution in [0, 0.1) is 5.92 Å². The van der Waals surface area contributed by atoms with E-state index in [4.69, 9.17) is 0 Å². The first-order valence-electron chi connectivity index (χ1n) is 5.39. The Morgan fingerprint density at radius 2 is 2.18 bits per heavy atom. The van der Waals surface area contributed by atoms with Crippen molar-refractivity contribution in [2.75, 3.05) is 5.75 Å². The molecule has 17 heavy (non-hydrogen) atoms. The van der Waals surface area contributed by atoms with Crippen LogP contribution in [0.4, 0.5) is 8.78 Å². The number of nitrogens with one attached hydrogen (secondary N) is 1. The van der Waals surface area contributed by atoms with Gasteiger partial charge in [-0.3, -0.25) is 4.72 Å². The SMILES string of the molecule is CCCS(=O)(=O)NC1=C(F)C(C=O)C(F)CC1. The van der Waals surface area contributed by atoms with Gasteiger partial charge in [-0.2, -0.15) is 0 Å². The van der Waals surface area contributed by atoms with Gasteiger partial charge < -0.3 is 4.79 Å². The fourth-order valence-corrected chi connectivity index (χ4v) is 2.91. The largest absolute Gasteiger partial charge is 0.302 e. The minimum atomic E-state index is -3.60.